The predicted octanol–water partition coefficient (Wildman–Crippen LogP) is 8.03. The summed E-state index contributed by atoms with van der Waals surface area (Å²) < 4.78 is 56.7. The molecule has 9 rings (SSSR count). The van der Waals surface area contributed by atoms with Crippen molar-refractivity contribution in [2.24, 2.45) is 5.92 Å². The molecule has 7 aromatic rings. The average molecular weight is 1280 g/mol. The molecule has 2 saturated heterocycles. The number of aliphatic hydroxyl groups is 1. The van der Waals surface area contributed by atoms with Gasteiger partial charge in [0.15, 0.2) is 11.6 Å². The topological polar surface area (TPSA) is 266 Å². The lowest BCUT2D eigenvalue weighted by atomic mass is 9.91. The van der Waals surface area contributed by atoms with E-state index in [4.69, 9.17) is 49.5 Å². The van der Waals surface area contributed by atoms with Crippen molar-refractivity contribution in [2.45, 2.75) is 71.6 Å². The summed E-state index contributed by atoms with van der Waals surface area (Å²) in [5, 5.41) is 33.5. The number of nitrogens with zero attached hydrogens (tertiary/aromatic N) is 8. The first-order valence-corrected chi connectivity index (χ1v) is 31.3. The molecule has 4 aromatic carbocycles. The number of phenolic OH excluding ortho intramolecular Hbond substituents is 1. The molecule has 0 spiro atoms. The number of piperazine rings is 1. The number of aromatic hydroxyl groups is 1. The molecule has 0 bridgehead atoms. The number of hydrogen-bond donors (Lipinski definition) is 4. The van der Waals surface area contributed by atoms with E-state index in [2.05, 4.69) is 25.8 Å². The molecule has 4 N–H and O–H groups in total. The largest absolute Gasteiger partial charge is 0.508 e. The van der Waals surface area contributed by atoms with Gasteiger partial charge in [-0.3, -0.25) is 19.2 Å². The monoisotopic (exact) mass is 1280 g/mol. The van der Waals surface area contributed by atoms with Crippen molar-refractivity contribution < 1.29 is 66.7 Å². The zero-order valence-electron chi connectivity index (χ0n) is 51.7. The Bertz CT molecular complexity index is 3620. The number of aryl methyl sites for hydroxylation is 1. The van der Waals surface area contributed by atoms with Crippen LogP contribution in [0, 0.1) is 18.7 Å². The van der Waals surface area contributed by atoms with E-state index in [9.17, 15) is 29.4 Å². The number of likely N-dealkylation sites (tertiary alicyclic amines) is 1. The SMILES string of the molecule is COc1cc(-c2scnc2C)ccc1[C@H](C)NC(=O)[C@@H]1C[C@@H](O)CN1C(=O)[C@H](c1cc(OCCOCCOCCOCCOCCN(C)C(=O)CCNc2nc(N3CCN(C(C)=O)CC3)c3cc(Cl)c(-c4cc(O)cc5ccccc45)c(F)c3n2)no1)C(C)C. The quantitative estimate of drug-likeness (QED) is 0.0310. The summed E-state index contributed by atoms with van der Waals surface area (Å²) in [5.41, 5.74) is 4.93. The maximum Gasteiger partial charge on any atom is 0.254 e. The average Bonchev–Trinajstić information content (AvgIpc) is 0.971. The highest BCUT2D eigenvalue weighted by Gasteiger charge is 2.44. The fourth-order valence-corrected chi connectivity index (χ4v) is 12.2. The number of carbonyl (C=O) groups is 4. The number of thiazole rings is 1. The van der Waals surface area contributed by atoms with Crippen molar-refractivity contribution in [1.82, 2.24) is 40.1 Å². The number of methoxy groups -OCH3 is 1. The third kappa shape index (κ3) is 16.4. The number of phenols is 1. The van der Waals surface area contributed by atoms with Gasteiger partial charge in [0, 0.05) is 95.2 Å². The number of aromatic nitrogens is 4. The van der Waals surface area contributed by atoms with Gasteiger partial charge in [0.25, 0.3) is 5.88 Å². The molecule has 4 amide bonds. The van der Waals surface area contributed by atoms with Crippen molar-refractivity contribution in [3.8, 4) is 38.9 Å². The molecule has 26 heteroatoms. The molecule has 90 heavy (non-hydrogen) atoms. The highest BCUT2D eigenvalue weighted by atomic mass is 35.5. The molecule has 0 saturated carbocycles. The van der Waals surface area contributed by atoms with Crippen molar-refractivity contribution in [2.75, 3.05) is 130 Å². The Morgan fingerprint density at radius 1 is 0.889 bits per heavy atom. The Balaban J connectivity index is 0.641. The van der Waals surface area contributed by atoms with E-state index in [1.165, 1.54) is 29.2 Å². The lowest BCUT2D eigenvalue weighted by Crippen LogP contribution is -2.48. The summed E-state index contributed by atoms with van der Waals surface area (Å²) in [5.74, 6) is -1.11. The number of ether oxygens (including phenoxy) is 6. The van der Waals surface area contributed by atoms with Crippen molar-refractivity contribution in [1.29, 1.82) is 0 Å². The number of rotatable bonds is 30. The van der Waals surface area contributed by atoms with Gasteiger partial charge < -0.3 is 73.4 Å². The summed E-state index contributed by atoms with van der Waals surface area (Å²) >= 11 is 8.42. The third-order valence-corrected chi connectivity index (χ3v) is 17.2. The van der Waals surface area contributed by atoms with Gasteiger partial charge >= 0.3 is 0 Å². The number of carbonyl (C=O) groups excluding carboxylic acids is 4. The first-order valence-electron chi connectivity index (χ1n) is 30.1. The van der Waals surface area contributed by atoms with Crippen LogP contribution in [-0.2, 0) is 38.1 Å². The number of hydrogen-bond acceptors (Lipinski definition) is 20. The smallest absolute Gasteiger partial charge is 0.254 e. The number of halogens is 2. The van der Waals surface area contributed by atoms with Gasteiger partial charge in [-0.15, -0.1) is 11.3 Å². The van der Waals surface area contributed by atoms with E-state index >= 15 is 4.39 Å². The first kappa shape index (κ1) is 66.6. The van der Waals surface area contributed by atoms with Crippen LogP contribution in [0.1, 0.15) is 69.5 Å². The van der Waals surface area contributed by atoms with Crippen LogP contribution in [0.3, 0.4) is 0 Å². The number of β-amino-alcohol motifs (C(OH)–C–C–N with tert-alkyl or cyclic N) is 1. The third-order valence-electron chi connectivity index (χ3n) is 15.9. The molecule has 4 atom stereocenters. The molecule has 5 heterocycles. The summed E-state index contributed by atoms with van der Waals surface area (Å²) in [7, 11) is 3.26. The van der Waals surface area contributed by atoms with Crippen LogP contribution in [0.5, 0.6) is 17.4 Å². The first-order chi connectivity index (χ1) is 43.4. The van der Waals surface area contributed by atoms with Crippen LogP contribution >= 0.6 is 22.9 Å². The van der Waals surface area contributed by atoms with E-state index in [-0.39, 0.29) is 109 Å². The van der Waals surface area contributed by atoms with E-state index < -0.39 is 35.8 Å². The molecule has 2 aliphatic heterocycles. The number of aliphatic hydroxyl groups excluding tert-OH is 1. The molecule has 0 aliphatic carbocycles. The van der Waals surface area contributed by atoms with Gasteiger partial charge in [0.2, 0.25) is 29.6 Å². The summed E-state index contributed by atoms with van der Waals surface area (Å²) in [6.07, 6.45) is -0.712. The number of benzene rings is 4. The second kappa shape index (κ2) is 31.3. The minimum Gasteiger partial charge on any atom is -0.508 e. The lowest BCUT2D eigenvalue weighted by molar-refractivity contribution is -0.141. The second-order valence-corrected chi connectivity index (χ2v) is 23.7. The summed E-state index contributed by atoms with van der Waals surface area (Å²) in [4.78, 5) is 74.8. The zero-order chi connectivity index (χ0) is 64.0. The van der Waals surface area contributed by atoms with Crippen molar-refractivity contribution >= 4 is 80.0 Å². The van der Waals surface area contributed by atoms with Crippen LogP contribution in [0.4, 0.5) is 16.2 Å². The van der Waals surface area contributed by atoms with E-state index in [0.717, 1.165) is 21.7 Å². The molecular weight excluding hydrogens is 1200 g/mol. The lowest BCUT2D eigenvalue weighted by Gasteiger charge is -2.35. The number of fused-ring (bicyclic) bond motifs is 2. The van der Waals surface area contributed by atoms with E-state index in [0.29, 0.717) is 106 Å². The van der Waals surface area contributed by atoms with Gasteiger partial charge in [0.1, 0.15) is 41.4 Å². The standard InChI is InChI=1S/C64H78ClFN10O13S/c1-38(2)56(63(82)76-36-45(79)33-51(76)62(81)69-39(3)46-13-12-43(31-52(46)83-7)60-40(4)68-37-90-60)53-35-54(72-89-53)88-29-28-87-27-26-86-25-24-85-23-22-84-21-20-73(6)55(80)14-15-67-64-70-59-49(61(71-64)75-18-16-74(17-19-75)41(5)77)34-50(65)57(58(59)66)48-32-44(78)30-42-10-8-9-11-47(42)48/h8-13,30-32,34-35,37-39,45,51,56,78-79H,14-29,33,36H2,1-7H3,(H,69,81)(H,67,70,71)/t39-,45+,51-,56-/m0/s1. The Morgan fingerprint density at radius 3 is 2.27 bits per heavy atom. The van der Waals surface area contributed by atoms with Crippen molar-refractivity contribution in [3.63, 3.8) is 0 Å². The van der Waals surface area contributed by atoms with E-state index in [1.807, 2.05) is 75.1 Å². The summed E-state index contributed by atoms with van der Waals surface area (Å²) in [6, 6.07) is 18.0. The van der Waals surface area contributed by atoms with Crippen LogP contribution in [0.2, 0.25) is 5.02 Å². The van der Waals surface area contributed by atoms with Gasteiger partial charge in [-0.25, -0.2) is 14.4 Å². The Labute approximate surface area is 530 Å². The Morgan fingerprint density at radius 2 is 1.59 bits per heavy atom. The zero-order valence-corrected chi connectivity index (χ0v) is 53.2. The molecular formula is C64H78ClFN10O13S. The predicted molar refractivity (Wildman–Crippen MR) is 339 cm³/mol. The van der Waals surface area contributed by atoms with Crippen LogP contribution < -0.4 is 25.0 Å². The molecule has 2 aliphatic rings. The highest BCUT2D eigenvalue weighted by Crippen LogP contribution is 2.43. The van der Waals surface area contributed by atoms with Gasteiger partial charge in [0.05, 0.1) is 93.2 Å². The summed E-state index contributed by atoms with van der Waals surface area (Å²) in [6.45, 7) is 14.0. The minimum atomic E-state index is -0.911. The maximum absolute atomic E-state index is 17.0. The molecule has 482 valence electrons. The van der Waals surface area contributed by atoms with Crippen LogP contribution in [0.15, 0.2) is 76.8 Å². The molecule has 2 fully saturated rings. The molecule has 0 radical (unpaired) electrons. The number of amides is 4. The van der Waals surface area contributed by atoms with Gasteiger partial charge in [-0.05, 0) is 71.1 Å². The van der Waals surface area contributed by atoms with Crippen LogP contribution in [-0.4, -0.2) is 200 Å². The Kier molecular flexibility index (Phi) is 23.2. The van der Waals surface area contributed by atoms with Gasteiger partial charge in [-0.2, -0.15) is 4.98 Å². The number of nitrogens with one attached hydrogen (secondary N) is 2. The fourth-order valence-electron chi connectivity index (χ4n) is 11.1. The number of anilines is 2. The molecule has 23 nitrogen and oxygen atoms in total. The molecule has 3 aromatic heterocycles. The minimum absolute atomic E-state index is 0.00927. The number of likely N-dealkylation sites (N-methyl/N-ethyl adjacent to an activating group) is 1. The van der Waals surface area contributed by atoms with Crippen LogP contribution in [0.25, 0.3) is 43.2 Å². The fraction of sp³-hybridized carbons (Fsp3) is 0.469. The molecule has 0 unspecified atom stereocenters. The normalized spacial score (nSPS) is 15.8. The van der Waals surface area contributed by atoms with E-state index in [1.54, 1.807) is 47.7 Å². The highest BCUT2D eigenvalue weighted by molar-refractivity contribution is 7.13. The second-order valence-electron chi connectivity index (χ2n) is 22.5. The van der Waals surface area contributed by atoms with Gasteiger partial charge in [-0.1, -0.05) is 61.8 Å². The van der Waals surface area contributed by atoms with Crippen molar-refractivity contribution in [3.05, 3.63) is 100 Å². The Hall–Kier alpha value is -7.78. The maximum atomic E-state index is 17.0.